The summed E-state index contributed by atoms with van der Waals surface area (Å²) in [5, 5.41) is 3.49. The topological polar surface area (TPSA) is 80.6 Å². The van der Waals surface area contributed by atoms with Crippen LogP contribution in [-0.4, -0.2) is 18.6 Å². The van der Waals surface area contributed by atoms with Gasteiger partial charge >= 0.3 is 12.0 Å². The van der Waals surface area contributed by atoms with Crippen LogP contribution in [0.4, 0.5) is 10.5 Å². The van der Waals surface area contributed by atoms with Crippen LogP contribution in [-0.2, 0) is 30.4 Å². The molecule has 0 saturated carbocycles. The van der Waals surface area contributed by atoms with Gasteiger partial charge in [0.05, 0.1) is 12.2 Å². The van der Waals surface area contributed by atoms with Gasteiger partial charge in [-0.05, 0) is 67.7 Å². The summed E-state index contributed by atoms with van der Waals surface area (Å²) in [6.07, 6.45) is 7.85. The van der Waals surface area contributed by atoms with Gasteiger partial charge in [-0.3, -0.25) is 4.72 Å². The van der Waals surface area contributed by atoms with E-state index < -0.39 is 5.97 Å². The largest absolute Gasteiger partial charge is 0.462 e. The number of fused-ring (bicyclic) bond motifs is 2. The Morgan fingerprint density at radius 3 is 2.48 bits per heavy atom. The quantitative estimate of drug-likeness (QED) is 0.593. The summed E-state index contributed by atoms with van der Waals surface area (Å²) < 4.78 is 13.0. The number of hydrogen-bond donors (Lipinski definition) is 2. The van der Waals surface area contributed by atoms with Crippen LogP contribution in [0.1, 0.15) is 52.4 Å². The second-order valence-electron chi connectivity index (χ2n) is 6.77. The van der Waals surface area contributed by atoms with Gasteiger partial charge in [0, 0.05) is 23.7 Å². The highest BCUT2D eigenvalue weighted by Crippen LogP contribution is 2.38. The van der Waals surface area contributed by atoms with Crippen molar-refractivity contribution in [2.24, 2.45) is 0 Å². The van der Waals surface area contributed by atoms with Gasteiger partial charge in [-0.25, -0.2) is 9.59 Å². The lowest BCUT2D eigenvalue weighted by Crippen LogP contribution is -2.24. The van der Waals surface area contributed by atoms with Gasteiger partial charge in [-0.2, -0.15) is 0 Å². The van der Waals surface area contributed by atoms with E-state index in [4.69, 9.17) is 9.15 Å². The average Bonchev–Trinajstić information content (AvgIpc) is 3.40. The first-order valence-electron chi connectivity index (χ1n) is 9.31. The first kappa shape index (κ1) is 18.0. The number of carbonyl (C=O) groups excluding carboxylic acids is 2. The smallest absolute Gasteiger partial charge is 0.341 e. The number of nitrogens with one attached hydrogen (secondary N) is 2. The molecule has 142 valence electrons. The fourth-order valence-corrected chi connectivity index (χ4v) is 4.42. The lowest BCUT2D eigenvalue weighted by Gasteiger charge is -2.16. The van der Waals surface area contributed by atoms with E-state index in [0.717, 1.165) is 56.2 Å². The second kappa shape index (κ2) is 7.68. The van der Waals surface area contributed by atoms with Crippen LogP contribution in [0.2, 0.25) is 0 Å². The molecule has 2 aliphatic carbocycles. The maximum Gasteiger partial charge on any atom is 0.341 e. The summed E-state index contributed by atoms with van der Waals surface area (Å²) >= 11 is 1.03. The molecule has 1 heterocycles. The second-order valence-corrected chi connectivity index (χ2v) is 7.58. The number of aryl methyl sites for hydroxylation is 2. The molecule has 2 amide bonds. The Hall–Kier alpha value is -2.41. The van der Waals surface area contributed by atoms with Crippen molar-refractivity contribution < 1.29 is 18.7 Å². The average molecular weight is 386 g/mol. The van der Waals surface area contributed by atoms with Gasteiger partial charge < -0.3 is 14.5 Å². The number of benzene rings is 1. The molecule has 0 fully saturated rings. The first-order chi connectivity index (χ1) is 13.2. The predicted octanol–water partition coefficient (Wildman–Crippen LogP) is 4.26. The molecule has 1 aromatic heterocycles. The Labute approximate surface area is 162 Å². The highest BCUT2D eigenvalue weighted by atomic mass is 32.2. The van der Waals surface area contributed by atoms with Crippen molar-refractivity contribution in [2.75, 3.05) is 11.9 Å². The van der Waals surface area contributed by atoms with Crippen molar-refractivity contribution in [3.63, 3.8) is 0 Å². The molecule has 0 unspecified atom stereocenters. The molecule has 0 atom stereocenters. The lowest BCUT2D eigenvalue weighted by molar-refractivity contribution is 0.0525. The number of esters is 1. The van der Waals surface area contributed by atoms with E-state index in [-0.39, 0.29) is 6.03 Å². The Morgan fingerprint density at radius 2 is 1.81 bits per heavy atom. The van der Waals surface area contributed by atoms with Crippen LogP contribution >= 0.6 is 11.9 Å². The third kappa shape index (κ3) is 3.69. The van der Waals surface area contributed by atoms with E-state index in [1.54, 1.807) is 13.0 Å². The summed E-state index contributed by atoms with van der Waals surface area (Å²) in [6, 6.07) is 3.60. The highest BCUT2D eigenvalue weighted by molar-refractivity contribution is 7.97. The first-order valence-corrected chi connectivity index (χ1v) is 10.1. The number of amides is 2. The number of carbonyl (C=O) groups is 2. The molecular formula is C20H22N2O4S. The van der Waals surface area contributed by atoms with E-state index in [1.165, 1.54) is 28.5 Å². The summed E-state index contributed by atoms with van der Waals surface area (Å²) in [5.41, 5.74) is 6.67. The predicted molar refractivity (Wildman–Crippen MR) is 103 cm³/mol. The molecule has 1 aromatic carbocycles. The minimum atomic E-state index is -0.437. The molecule has 6 nitrogen and oxygen atoms in total. The molecule has 4 rings (SSSR count). The van der Waals surface area contributed by atoms with E-state index in [2.05, 4.69) is 16.1 Å². The van der Waals surface area contributed by atoms with Crippen molar-refractivity contribution in [3.05, 3.63) is 46.2 Å². The maximum atomic E-state index is 12.5. The van der Waals surface area contributed by atoms with E-state index in [0.29, 0.717) is 17.3 Å². The molecule has 2 aromatic rings. The van der Waals surface area contributed by atoms with Gasteiger partial charge in [0.1, 0.15) is 6.26 Å². The van der Waals surface area contributed by atoms with E-state index >= 15 is 0 Å². The van der Waals surface area contributed by atoms with Gasteiger partial charge in [0.15, 0.2) is 5.09 Å². The number of hydrogen-bond acceptors (Lipinski definition) is 5. The number of furan rings is 1. The SMILES string of the molecule is CCOC(=O)c1coc(SNC(=O)Nc2c3c(cc4c2CCC4)CCC3)c1. The van der Waals surface area contributed by atoms with E-state index in [9.17, 15) is 9.59 Å². The fourth-order valence-electron chi connectivity index (χ4n) is 3.89. The van der Waals surface area contributed by atoms with Crippen LogP contribution in [0.5, 0.6) is 0 Å². The Kier molecular flexibility index (Phi) is 5.11. The number of anilines is 1. The van der Waals surface area contributed by atoms with Crippen molar-refractivity contribution in [1.82, 2.24) is 4.72 Å². The normalized spacial score (nSPS) is 14.6. The molecule has 7 heteroatoms. The molecule has 0 spiro atoms. The Balaban J connectivity index is 1.42. The van der Waals surface area contributed by atoms with Crippen LogP contribution in [0.15, 0.2) is 27.9 Å². The van der Waals surface area contributed by atoms with Crippen LogP contribution in [0.3, 0.4) is 0 Å². The fraction of sp³-hybridized carbons (Fsp3) is 0.400. The Morgan fingerprint density at radius 1 is 1.11 bits per heavy atom. The van der Waals surface area contributed by atoms with Crippen LogP contribution < -0.4 is 10.0 Å². The summed E-state index contributed by atoms with van der Waals surface area (Å²) in [4.78, 5) is 24.1. The van der Waals surface area contributed by atoms with Crippen molar-refractivity contribution >= 4 is 29.6 Å². The molecule has 2 N–H and O–H groups in total. The Bertz CT molecular complexity index is 858. The molecule has 0 bridgehead atoms. The molecule has 0 aliphatic heterocycles. The van der Waals surface area contributed by atoms with E-state index in [1.807, 2.05) is 0 Å². The van der Waals surface area contributed by atoms with Crippen molar-refractivity contribution in [3.8, 4) is 0 Å². The monoisotopic (exact) mass is 386 g/mol. The van der Waals surface area contributed by atoms with Crippen LogP contribution in [0, 0.1) is 0 Å². The molecule has 0 radical (unpaired) electrons. The molecule has 27 heavy (non-hydrogen) atoms. The summed E-state index contributed by atoms with van der Waals surface area (Å²) in [6.45, 7) is 2.05. The van der Waals surface area contributed by atoms with Gasteiger partial charge in [0.2, 0.25) is 0 Å². The number of rotatable bonds is 5. The van der Waals surface area contributed by atoms with Crippen molar-refractivity contribution in [1.29, 1.82) is 0 Å². The van der Waals surface area contributed by atoms with Crippen molar-refractivity contribution in [2.45, 2.75) is 50.5 Å². The maximum absolute atomic E-state index is 12.5. The third-order valence-electron chi connectivity index (χ3n) is 5.04. The van der Waals surface area contributed by atoms with Gasteiger partial charge in [0.25, 0.3) is 0 Å². The highest BCUT2D eigenvalue weighted by Gasteiger charge is 2.25. The summed E-state index contributed by atoms with van der Waals surface area (Å²) in [7, 11) is 0. The minimum Gasteiger partial charge on any atom is -0.462 e. The minimum absolute atomic E-state index is 0.288. The van der Waals surface area contributed by atoms with Crippen LogP contribution in [0.25, 0.3) is 0 Å². The molecular weight excluding hydrogens is 364 g/mol. The third-order valence-corrected chi connectivity index (χ3v) is 5.75. The van der Waals surface area contributed by atoms with Gasteiger partial charge in [-0.15, -0.1) is 0 Å². The zero-order valence-electron chi connectivity index (χ0n) is 15.2. The lowest BCUT2D eigenvalue weighted by atomic mass is 9.99. The zero-order chi connectivity index (χ0) is 18.8. The van der Waals surface area contributed by atoms with Gasteiger partial charge in [-0.1, -0.05) is 6.07 Å². The molecule has 2 aliphatic rings. The number of urea groups is 1. The zero-order valence-corrected chi connectivity index (χ0v) is 16.0. The molecule has 0 saturated heterocycles. The number of ether oxygens (including phenoxy) is 1. The standard InChI is InChI=1S/C20H22N2O4S/c1-2-25-19(23)14-10-17(26-11-14)27-22-20(24)21-18-15-7-3-5-12(15)9-13-6-4-8-16(13)18/h9-11H,2-8H2,1H3,(H2,21,22,24). The summed E-state index contributed by atoms with van der Waals surface area (Å²) in [5.74, 6) is -0.437.